The van der Waals surface area contributed by atoms with Crippen LogP contribution in [0.3, 0.4) is 0 Å². The van der Waals surface area contributed by atoms with Gasteiger partial charge in [0, 0.05) is 49.2 Å². The third-order valence-corrected chi connectivity index (χ3v) is 9.52. The van der Waals surface area contributed by atoms with Gasteiger partial charge in [0.1, 0.15) is 55.6 Å². The van der Waals surface area contributed by atoms with E-state index >= 15 is 0 Å². The minimum Gasteiger partial charge on any atom is -0.491 e. The van der Waals surface area contributed by atoms with Crippen LogP contribution < -0.4 is 20.2 Å². The van der Waals surface area contributed by atoms with E-state index in [2.05, 4.69) is 25.0 Å². The molecule has 13 nitrogen and oxygen atoms in total. The molecule has 0 radical (unpaired) electrons. The molecule has 1 unspecified atom stereocenters. The number of aliphatic hydroxyl groups is 1. The first-order valence-corrected chi connectivity index (χ1v) is 17.2. The number of hydrogen-bond donors (Lipinski definition) is 1. The Hall–Kier alpha value is -5.12. The molecule has 0 amide bonds. The van der Waals surface area contributed by atoms with Crippen molar-refractivity contribution in [2.75, 3.05) is 49.2 Å². The maximum absolute atomic E-state index is 14.9. The molecule has 0 bridgehead atoms. The van der Waals surface area contributed by atoms with Crippen molar-refractivity contribution in [1.29, 1.82) is 0 Å². The van der Waals surface area contributed by atoms with Crippen molar-refractivity contribution in [2.24, 2.45) is 5.41 Å². The van der Waals surface area contributed by atoms with Crippen LogP contribution in [0, 0.1) is 17.0 Å². The van der Waals surface area contributed by atoms with Crippen molar-refractivity contribution in [2.45, 2.75) is 51.9 Å². The van der Waals surface area contributed by atoms with Crippen molar-refractivity contribution < 1.29 is 28.1 Å². The maximum Gasteiger partial charge on any atom is 0.350 e. The Morgan fingerprint density at radius 3 is 2.19 bits per heavy atom. The summed E-state index contributed by atoms with van der Waals surface area (Å²) in [5.74, 6) is -2.33. The molecule has 2 aliphatic heterocycles. The minimum atomic E-state index is -1.52. The van der Waals surface area contributed by atoms with Crippen LogP contribution >= 0.6 is 0 Å². The van der Waals surface area contributed by atoms with Gasteiger partial charge in [-0.1, -0.05) is 20.8 Å². The molecule has 5 aromatic rings. The molecule has 1 N–H and O–H groups in total. The summed E-state index contributed by atoms with van der Waals surface area (Å²) in [4.78, 5) is 21.5. The Labute approximate surface area is 299 Å². The summed E-state index contributed by atoms with van der Waals surface area (Å²) >= 11 is 0. The molecule has 0 aliphatic carbocycles. The van der Waals surface area contributed by atoms with Crippen molar-refractivity contribution in [1.82, 2.24) is 29.1 Å². The first-order chi connectivity index (χ1) is 25.0. The quantitative estimate of drug-likeness (QED) is 0.215. The average molecular weight is 717 g/mol. The van der Waals surface area contributed by atoms with Gasteiger partial charge in [-0.3, -0.25) is 4.57 Å². The van der Waals surface area contributed by atoms with Crippen LogP contribution in [0.1, 0.15) is 26.3 Å². The average Bonchev–Trinajstić information content (AvgIpc) is 3.89. The van der Waals surface area contributed by atoms with Crippen LogP contribution in [0.4, 0.5) is 20.2 Å². The SMILES string of the molecule is CC(C)(C)C(O)Cn1cnn(-c2ccc(N3CCN(c4ccc(OC[C@@H]5CO[C@@](Cn6cncn6)(c6ccc(F)cc6F)O5)cc4)CC3)cc2)c1=O. The standard InChI is InChI=1S/C37H42F2N8O5/c1-36(2,3)34(48)19-45-25-42-47(35(45)49)29-7-5-27(6-8-29)43-14-16-44(17-15-43)28-9-11-30(12-10-28)50-20-31-21-51-37(52-31,22-46-24-40-23-41-46)32-13-4-26(38)18-33(32)39/h4-13,18,23-25,31,34,48H,14-17,19-22H2,1-3H3/t31-,34?,37-/m1/s1. The minimum absolute atomic E-state index is 0.0251. The van der Waals surface area contributed by atoms with Crippen molar-refractivity contribution in [3.05, 3.63) is 113 Å². The highest BCUT2D eigenvalue weighted by Crippen LogP contribution is 2.38. The summed E-state index contributed by atoms with van der Waals surface area (Å²) in [5.41, 5.74) is 2.24. The number of aliphatic hydroxyl groups excluding tert-OH is 1. The van der Waals surface area contributed by atoms with E-state index in [1.807, 2.05) is 69.3 Å². The lowest BCUT2D eigenvalue weighted by Crippen LogP contribution is -2.46. The van der Waals surface area contributed by atoms with Crippen molar-refractivity contribution >= 4 is 11.4 Å². The molecule has 2 aliphatic rings. The summed E-state index contributed by atoms with van der Waals surface area (Å²) in [7, 11) is 0. The van der Waals surface area contributed by atoms with E-state index in [-0.39, 0.29) is 43.0 Å². The zero-order valence-corrected chi connectivity index (χ0v) is 29.3. The number of rotatable bonds is 11. The summed E-state index contributed by atoms with van der Waals surface area (Å²) in [6, 6.07) is 18.9. The molecule has 3 aromatic carbocycles. The van der Waals surface area contributed by atoms with Gasteiger partial charge in [0.25, 0.3) is 0 Å². The molecule has 4 heterocycles. The van der Waals surface area contributed by atoms with Gasteiger partial charge >= 0.3 is 5.69 Å². The summed E-state index contributed by atoms with van der Waals surface area (Å²) in [6.07, 6.45) is 3.12. The number of anilines is 2. The highest BCUT2D eigenvalue weighted by Gasteiger charge is 2.46. The summed E-state index contributed by atoms with van der Waals surface area (Å²) < 4.78 is 51.1. The molecule has 52 heavy (non-hydrogen) atoms. The van der Waals surface area contributed by atoms with Gasteiger partial charge in [-0.05, 0) is 66.1 Å². The molecule has 3 atom stereocenters. The number of nitrogens with zero attached hydrogens (tertiary/aromatic N) is 8. The molecule has 15 heteroatoms. The van der Waals surface area contributed by atoms with E-state index in [1.165, 1.54) is 45.0 Å². The number of piperazine rings is 1. The first kappa shape index (κ1) is 35.3. The second-order valence-electron chi connectivity index (χ2n) is 14.2. The van der Waals surface area contributed by atoms with Crippen LogP contribution in [-0.4, -0.2) is 85.8 Å². The van der Waals surface area contributed by atoms with Crippen LogP contribution in [-0.2, 0) is 28.4 Å². The molecule has 274 valence electrons. The fourth-order valence-corrected chi connectivity index (χ4v) is 6.35. The molecular weight excluding hydrogens is 674 g/mol. The number of hydrogen-bond acceptors (Lipinski definition) is 10. The van der Waals surface area contributed by atoms with Crippen molar-refractivity contribution in [3.8, 4) is 11.4 Å². The van der Waals surface area contributed by atoms with Gasteiger partial charge in [-0.15, -0.1) is 0 Å². The summed E-state index contributed by atoms with van der Waals surface area (Å²) in [5, 5.41) is 18.8. The highest BCUT2D eigenvalue weighted by molar-refractivity contribution is 5.54. The smallest absolute Gasteiger partial charge is 0.350 e. The van der Waals surface area contributed by atoms with Crippen LogP contribution in [0.25, 0.3) is 5.69 Å². The number of halogens is 2. The van der Waals surface area contributed by atoms with Gasteiger partial charge < -0.3 is 29.1 Å². The van der Waals surface area contributed by atoms with Gasteiger partial charge in [0.05, 0.1) is 24.9 Å². The predicted molar refractivity (Wildman–Crippen MR) is 189 cm³/mol. The lowest BCUT2D eigenvalue weighted by molar-refractivity contribution is -0.192. The van der Waals surface area contributed by atoms with Gasteiger partial charge in [0.2, 0.25) is 5.79 Å². The number of ether oxygens (including phenoxy) is 3. The Bertz CT molecular complexity index is 2010. The monoisotopic (exact) mass is 716 g/mol. The van der Waals surface area contributed by atoms with E-state index in [1.54, 1.807) is 0 Å². The fourth-order valence-electron chi connectivity index (χ4n) is 6.35. The fraction of sp³-hybridized carbons (Fsp3) is 0.405. The van der Waals surface area contributed by atoms with E-state index < -0.39 is 29.6 Å². The normalized spacial score (nSPS) is 20.0. The topological polar surface area (TPSA) is 125 Å². The maximum atomic E-state index is 14.9. The summed E-state index contributed by atoms with van der Waals surface area (Å²) in [6.45, 7) is 9.59. The lowest BCUT2D eigenvalue weighted by Gasteiger charge is -2.37. The Balaban J connectivity index is 0.914. The molecule has 2 saturated heterocycles. The zero-order chi connectivity index (χ0) is 36.5. The third-order valence-electron chi connectivity index (χ3n) is 9.52. The largest absolute Gasteiger partial charge is 0.491 e. The second kappa shape index (κ2) is 14.5. The van der Waals surface area contributed by atoms with E-state index in [0.717, 1.165) is 43.6 Å². The molecular formula is C37H42F2N8O5. The van der Waals surface area contributed by atoms with E-state index in [0.29, 0.717) is 11.4 Å². The highest BCUT2D eigenvalue weighted by atomic mass is 19.1. The van der Waals surface area contributed by atoms with E-state index in [9.17, 15) is 18.7 Å². The number of benzene rings is 3. The Morgan fingerprint density at radius 1 is 0.923 bits per heavy atom. The molecule has 0 saturated carbocycles. The number of aromatic nitrogens is 6. The zero-order valence-electron chi connectivity index (χ0n) is 29.3. The van der Waals surface area contributed by atoms with Gasteiger partial charge in [-0.25, -0.2) is 23.2 Å². The molecule has 2 fully saturated rings. The van der Waals surface area contributed by atoms with Crippen molar-refractivity contribution in [3.63, 3.8) is 0 Å². The third kappa shape index (κ3) is 7.56. The first-order valence-electron chi connectivity index (χ1n) is 17.2. The predicted octanol–water partition coefficient (Wildman–Crippen LogP) is 3.98. The second-order valence-corrected chi connectivity index (χ2v) is 14.2. The van der Waals surface area contributed by atoms with Gasteiger partial charge in [-0.2, -0.15) is 14.9 Å². The Kier molecular flexibility index (Phi) is 9.83. The molecule has 2 aromatic heterocycles. The van der Waals surface area contributed by atoms with Gasteiger partial charge in [0.15, 0.2) is 0 Å². The Morgan fingerprint density at radius 2 is 1.58 bits per heavy atom. The molecule has 7 rings (SSSR count). The van der Waals surface area contributed by atoms with Crippen LogP contribution in [0.15, 0.2) is 90.5 Å². The molecule has 0 spiro atoms. The lowest BCUT2D eigenvalue weighted by atomic mass is 9.89. The van der Waals surface area contributed by atoms with Crippen LogP contribution in [0.5, 0.6) is 5.75 Å². The van der Waals surface area contributed by atoms with E-state index in [4.69, 9.17) is 14.2 Å². The van der Waals surface area contributed by atoms with Crippen LogP contribution in [0.2, 0.25) is 0 Å².